The molecule has 2 aromatic carbocycles. The number of hydrogen-bond acceptors (Lipinski definition) is 5. The summed E-state index contributed by atoms with van der Waals surface area (Å²) in [4.78, 5) is 21.8. The summed E-state index contributed by atoms with van der Waals surface area (Å²) >= 11 is 5.96. The van der Waals surface area contributed by atoms with Gasteiger partial charge in [-0.3, -0.25) is 4.79 Å². The Hall–Kier alpha value is -2.92. The van der Waals surface area contributed by atoms with Crippen molar-refractivity contribution in [3.8, 4) is 0 Å². The van der Waals surface area contributed by atoms with E-state index in [0.29, 0.717) is 28.8 Å². The second-order valence-corrected chi connectivity index (χ2v) is 7.56. The summed E-state index contributed by atoms with van der Waals surface area (Å²) in [5.41, 5.74) is 5.44. The van der Waals surface area contributed by atoms with Crippen LogP contribution in [-0.4, -0.2) is 15.8 Å². The van der Waals surface area contributed by atoms with Crippen LogP contribution in [0.4, 0.5) is 23.1 Å². The van der Waals surface area contributed by atoms with E-state index in [-0.39, 0.29) is 5.78 Å². The van der Waals surface area contributed by atoms with Gasteiger partial charge in [-0.05, 0) is 74.2 Å². The van der Waals surface area contributed by atoms with Gasteiger partial charge in [-0.15, -0.1) is 0 Å². The number of fused-ring (bicyclic) bond motifs is 1. The van der Waals surface area contributed by atoms with Gasteiger partial charge in [0.15, 0.2) is 5.78 Å². The second kappa shape index (κ2) is 7.60. The molecule has 0 saturated carbocycles. The van der Waals surface area contributed by atoms with Gasteiger partial charge in [0.2, 0.25) is 5.95 Å². The molecule has 5 nitrogen and oxygen atoms in total. The van der Waals surface area contributed by atoms with E-state index in [1.807, 2.05) is 38.1 Å². The summed E-state index contributed by atoms with van der Waals surface area (Å²) in [5, 5.41) is 7.23. The summed E-state index contributed by atoms with van der Waals surface area (Å²) in [6.07, 6.45) is 2.11. The van der Waals surface area contributed by atoms with E-state index < -0.39 is 0 Å². The van der Waals surface area contributed by atoms with Crippen molar-refractivity contribution in [2.45, 2.75) is 33.1 Å². The van der Waals surface area contributed by atoms with E-state index in [0.717, 1.165) is 41.0 Å². The fourth-order valence-electron chi connectivity index (χ4n) is 3.51. The number of nitrogens with zero attached hydrogens (tertiary/aromatic N) is 2. The Morgan fingerprint density at radius 2 is 1.61 bits per heavy atom. The number of hydrogen-bond donors (Lipinski definition) is 2. The Morgan fingerprint density at radius 1 is 0.893 bits per heavy atom. The van der Waals surface area contributed by atoms with E-state index in [1.54, 1.807) is 12.1 Å². The molecule has 4 rings (SSSR count). The van der Waals surface area contributed by atoms with Crippen molar-refractivity contribution in [1.29, 1.82) is 0 Å². The topological polar surface area (TPSA) is 66.9 Å². The zero-order chi connectivity index (χ0) is 19.7. The fraction of sp³-hybridized carbons (Fsp3) is 0.227. The number of carbonyl (C=O) groups is 1. The first kappa shape index (κ1) is 18.4. The third kappa shape index (κ3) is 3.99. The minimum absolute atomic E-state index is 0.0890. The van der Waals surface area contributed by atoms with Crippen molar-refractivity contribution in [2.24, 2.45) is 0 Å². The van der Waals surface area contributed by atoms with E-state index in [1.165, 1.54) is 0 Å². The molecule has 0 aliphatic heterocycles. The average molecular weight is 393 g/mol. The highest BCUT2D eigenvalue weighted by atomic mass is 35.5. The number of nitrogens with one attached hydrogen (secondary N) is 2. The predicted molar refractivity (Wildman–Crippen MR) is 113 cm³/mol. The first-order chi connectivity index (χ1) is 13.5. The average Bonchev–Trinajstić information content (AvgIpc) is 2.63. The predicted octanol–water partition coefficient (Wildman–Crippen LogP) is 5.75. The molecule has 0 radical (unpaired) electrons. The molecule has 0 bridgehead atoms. The van der Waals surface area contributed by atoms with Crippen LogP contribution in [-0.2, 0) is 6.42 Å². The Kier molecular flexibility index (Phi) is 5.01. The molecule has 6 heteroatoms. The third-order valence-electron chi connectivity index (χ3n) is 4.66. The molecule has 0 unspecified atom stereocenters. The van der Waals surface area contributed by atoms with Crippen LogP contribution in [0.5, 0.6) is 0 Å². The van der Waals surface area contributed by atoms with Crippen molar-refractivity contribution in [3.63, 3.8) is 0 Å². The molecule has 0 spiro atoms. The van der Waals surface area contributed by atoms with E-state index in [9.17, 15) is 4.79 Å². The molecule has 2 N–H and O–H groups in total. The van der Waals surface area contributed by atoms with Gasteiger partial charge in [0.05, 0.1) is 11.3 Å². The van der Waals surface area contributed by atoms with Crippen LogP contribution in [0.1, 0.15) is 40.0 Å². The van der Waals surface area contributed by atoms with Crippen LogP contribution < -0.4 is 10.6 Å². The second-order valence-electron chi connectivity index (χ2n) is 7.13. The molecule has 1 heterocycles. The Labute approximate surface area is 169 Å². The monoisotopic (exact) mass is 392 g/mol. The number of carbonyl (C=O) groups excluding carboxylic acids is 1. The molecule has 1 aliphatic carbocycles. The lowest BCUT2D eigenvalue weighted by Gasteiger charge is -2.19. The fourth-order valence-corrected chi connectivity index (χ4v) is 3.64. The summed E-state index contributed by atoms with van der Waals surface area (Å²) in [6, 6.07) is 13.5. The molecule has 1 aromatic heterocycles. The molecule has 142 valence electrons. The van der Waals surface area contributed by atoms with Crippen molar-refractivity contribution >= 4 is 40.5 Å². The number of aromatic nitrogens is 2. The Bertz CT molecular complexity index is 1030. The number of benzene rings is 2. The molecular formula is C22H21ClN4O. The number of rotatable bonds is 4. The SMILES string of the molecule is Cc1cc(C)cc(Nc2nc(Nc3ccc(Cl)cc3)nc3c2C(=O)CCC3)c1. The molecule has 3 aromatic rings. The molecule has 0 atom stereocenters. The van der Waals surface area contributed by atoms with Crippen molar-refractivity contribution < 1.29 is 4.79 Å². The first-order valence-electron chi connectivity index (χ1n) is 9.30. The van der Waals surface area contributed by atoms with Crippen LogP contribution in [0, 0.1) is 13.8 Å². The smallest absolute Gasteiger partial charge is 0.229 e. The number of Topliss-reactive ketones (excluding diaryl/α,β-unsaturated/α-hetero) is 1. The molecule has 0 amide bonds. The number of aryl methyl sites for hydroxylation is 3. The Morgan fingerprint density at radius 3 is 2.32 bits per heavy atom. The quantitative estimate of drug-likeness (QED) is 0.591. The lowest BCUT2D eigenvalue weighted by molar-refractivity contribution is 0.0972. The van der Waals surface area contributed by atoms with Crippen molar-refractivity contribution in [2.75, 3.05) is 10.6 Å². The van der Waals surface area contributed by atoms with E-state index in [4.69, 9.17) is 11.6 Å². The lowest BCUT2D eigenvalue weighted by Crippen LogP contribution is -2.18. The van der Waals surface area contributed by atoms with Gasteiger partial charge in [0, 0.05) is 22.8 Å². The molecule has 1 aliphatic rings. The Balaban J connectivity index is 1.74. The van der Waals surface area contributed by atoms with Gasteiger partial charge >= 0.3 is 0 Å². The highest BCUT2D eigenvalue weighted by Gasteiger charge is 2.24. The van der Waals surface area contributed by atoms with Crippen LogP contribution in [0.15, 0.2) is 42.5 Å². The number of halogens is 1. The van der Waals surface area contributed by atoms with Gasteiger partial charge in [-0.2, -0.15) is 4.98 Å². The van der Waals surface area contributed by atoms with Crippen molar-refractivity contribution in [3.05, 3.63) is 69.9 Å². The van der Waals surface area contributed by atoms with Crippen LogP contribution in [0.3, 0.4) is 0 Å². The highest BCUT2D eigenvalue weighted by molar-refractivity contribution is 6.30. The summed E-state index contributed by atoms with van der Waals surface area (Å²) in [5.74, 6) is 1.10. The highest BCUT2D eigenvalue weighted by Crippen LogP contribution is 2.30. The van der Waals surface area contributed by atoms with E-state index in [2.05, 4.69) is 26.7 Å². The van der Waals surface area contributed by atoms with Crippen molar-refractivity contribution in [1.82, 2.24) is 9.97 Å². The number of anilines is 4. The molecule has 0 fully saturated rings. The minimum Gasteiger partial charge on any atom is -0.339 e. The summed E-state index contributed by atoms with van der Waals surface area (Å²) in [6.45, 7) is 4.10. The lowest BCUT2D eigenvalue weighted by atomic mass is 9.95. The normalized spacial score (nSPS) is 13.2. The van der Waals surface area contributed by atoms with Gasteiger partial charge in [-0.1, -0.05) is 17.7 Å². The van der Waals surface area contributed by atoms with Crippen LogP contribution >= 0.6 is 11.6 Å². The zero-order valence-corrected chi connectivity index (χ0v) is 16.6. The van der Waals surface area contributed by atoms with E-state index >= 15 is 0 Å². The molecular weight excluding hydrogens is 372 g/mol. The maximum Gasteiger partial charge on any atom is 0.229 e. The zero-order valence-electron chi connectivity index (χ0n) is 15.8. The maximum absolute atomic E-state index is 12.6. The third-order valence-corrected chi connectivity index (χ3v) is 4.92. The molecule has 0 saturated heterocycles. The molecule has 28 heavy (non-hydrogen) atoms. The summed E-state index contributed by atoms with van der Waals surface area (Å²) < 4.78 is 0. The summed E-state index contributed by atoms with van der Waals surface area (Å²) in [7, 11) is 0. The van der Waals surface area contributed by atoms with Gasteiger partial charge < -0.3 is 10.6 Å². The maximum atomic E-state index is 12.6. The van der Waals surface area contributed by atoms with Gasteiger partial charge in [0.1, 0.15) is 5.82 Å². The number of ketones is 1. The largest absolute Gasteiger partial charge is 0.339 e. The minimum atomic E-state index is 0.0890. The first-order valence-corrected chi connectivity index (χ1v) is 9.68. The van der Waals surface area contributed by atoms with Gasteiger partial charge in [0.25, 0.3) is 0 Å². The standard InChI is InChI=1S/C22H21ClN4O/c1-13-10-14(2)12-17(11-13)24-21-20-18(4-3-5-19(20)28)26-22(27-21)25-16-8-6-15(23)7-9-16/h6-12H,3-5H2,1-2H3,(H2,24,25,26,27). The van der Waals surface area contributed by atoms with Crippen LogP contribution in [0.25, 0.3) is 0 Å². The van der Waals surface area contributed by atoms with Crippen LogP contribution in [0.2, 0.25) is 5.02 Å². The van der Waals surface area contributed by atoms with Gasteiger partial charge in [-0.25, -0.2) is 4.98 Å².